The fraction of sp³-hybridized carbons (Fsp3) is 0.320. The van der Waals surface area contributed by atoms with Gasteiger partial charge in [0.05, 0.1) is 12.7 Å². The molecule has 2 heterocycles. The standard InChI is InChI=1S/C25H24O13/c1-34-12-4-2-11(3-5-12)14-9-35-16-7-13(6-15(26)20(16)21(14)30)37-25-24(33)23(32)22(31)17(38-25)10-36-19(29)8-18(27)28/h2-7,9,17,22-26,31-33H,8,10H2,1H3,(H,27,28)/t17-,22-,23-,24-,25-/m0/s1. The number of hydrogen-bond donors (Lipinski definition) is 5. The zero-order valence-electron chi connectivity index (χ0n) is 19.8. The number of benzene rings is 2. The van der Waals surface area contributed by atoms with Gasteiger partial charge in [-0.1, -0.05) is 12.1 Å². The first kappa shape index (κ1) is 26.9. The third kappa shape index (κ3) is 5.55. The van der Waals surface area contributed by atoms with E-state index in [0.717, 1.165) is 6.07 Å². The molecule has 0 bridgehead atoms. The van der Waals surface area contributed by atoms with Gasteiger partial charge in [0.25, 0.3) is 0 Å². The number of carboxylic acids is 1. The van der Waals surface area contributed by atoms with Gasteiger partial charge < -0.3 is 48.9 Å². The molecule has 1 fully saturated rings. The first-order valence-corrected chi connectivity index (χ1v) is 11.3. The van der Waals surface area contributed by atoms with Gasteiger partial charge in [-0.2, -0.15) is 0 Å². The molecule has 2 aromatic carbocycles. The van der Waals surface area contributed by atoms with E-state index in [4.69, 9.17) is 28.5 Å². The predicted molar refractivity (Wildman–Crippen MR) is 127 cm³/mol. The average molecular weight is 532 g/mol. The van der Waals surface area contributed by atoms with Gasteiger partial charge in [-0.3, -0.25) is 14.4 Å². The number of aromatic hydroxyl groups is 1. The molecule has 0 aliphatic carbocycles. The third-order valence-corrected chi connectivity index (χ3v) is 5.86. The number of aliphatic hydroxyl groups excluding tert-OH is 3. The first-order chi connectivity index (χ1) is 18.1. The van der Waals surface area contributed by atoms with Crippen LogP contribution in [0.1, 0.15) is 6.42 Å². The molecule has 202 valence electrons. The van der Waals surface area contributed by atoms with Crippen LogP contribution in [-0.2, 0) is 19.1 Å². The van der Waals surface area contributed by atoms with Crippen LogP contribution in [0, 0.1) is 0 Å². The number of esters is 1. The smallest absolute Gasteiger partial charge is 0.317 e. The molecule has 1 aliphatic heterocycles. The number of phenolic OH excluding ortho intramolecular Hbond substituents is 1. The van der Waals surface area contributed by atoms with Crippen LogP contribution < -0.4 is 14.9 Å². The summed E-state index contributed by atoms with van der Waals surface area (Å²) in [6, 6.07) is 8.97. The van der Waals surface area contributed by atoms with Crippen molar-refractivity contribution >= 4 is 22.9 Å². The van der Waals surface area contributed by atoms with Crippen molar-refractivity contribution in [2.24, 2.45) is 0 Å². The molecule has 3 aromatic rings. The molecule has 0 saturated carbocycles. The lowest BCUT2D eigenvalue weighted by molar-refractivity contribution is -0.278. The lowest BCUT2D eigenvalue weighted by Crippen LogP contribution is -2.60. The number of aliphatic carboxylic acids is 1. The fourth-order valence-corrected chi connectivity index (χ4v) is 3.88. The van der Waals surface area contributed by atoms with Crippen LogP contribution in [0.4, 0.5) is 0 Å². The maximum Gasteiger partial charge on any atom is 0.317 e. The molecule has 0 radical (unpaired) electrons. The Morgan fingerprint density at radius 2 is 1.71 bits per heavy atom. The highest BCUT2D eigenvalue weighted by atomic mass is 16.7. The molecule has 0 unspecified atom stereocenters. The quantitative estimate of drug-likeness (QED) is 0.197. The van der Waals surface area contributed by atoms with E-state index in [2.05, 4.69) is 0 Å². The Balaban J connectivity index is 1.55. The molecular weight excluding hydrogens is 508 g/mol. The Kier molecular flexibility index (Phi) is 7.83. The number of carboxylic acid groups (broad SMARTS) is 1. The van der Waals surface area contributed by atoms with Gasteiger partial charge in [-0.15, -0.1) is 0 Å². The molecule has 5 N–H and O–H groups in total. The second-order valence-corrected chi connectivity index (χ2v) is 8.41. The number of hydrogen-bond acceptors (Lipinski definition) is 12. The second kappa shape index (κ2) is 11.1. The van der Waals surface area contributed by atoms with Gasteiger partial charge in [-0.25, -0.2) is 0 Å². The van der Waals surface area contributed by atoms with Crippen LogP contribution in [0.5, 0.6) is 17.2 Å². The molecule has 38 heavy (non-hydrogen) atoms. The van der Waals surface area contributed by atoms with Crippen molar-refractivity contribution in [3.63, 3.8) is 0 Å². The van der Waals surface area contributed by atoms with Crippen molar-refractivity contribution in [1.29, 1.82) is 0 Å². The summed E-state index contributed by atoms with van der Waals surface area (Å²) >= 11 is 0. The number of carbonyl (C=O) groups is 2. The number of methoxy groups -OCH3 is 1. The minimum Gasteiger partial charge on any atom is -0.507 e. The number of rotatable bonds is 8. The summed E-state index contributed by atoms with van der Waals surface area (Å²) in [6.45, 7) is -0.636. The molecule has 4 rings (SSSR count). The molecule has 1 aliphatic rings. The van der Waals surface area contributed by atoms with E-state index in [1.54, 1.807) is 24.3 Å². The molecule has 0 spiro atoms. The lowest BCUT2D eigenvalue weighted by atomic mass is 9.99. The highest BCUT2D eigenvalue weighted by Crippen LogP contribution is 2.33. The van der Waals surface area contributed by atoms with Crippen molar-refractivity contribution < 1.29 is 58.5 Å². The van der Waals surface area contributed by atoms with E-state index in [-0.39, 0.29) is 22.3 Å². The van der Waals surface area contributed by atoms with E-state index in [0.29, 0.717) is 11.3 Å². The predicted octanol–water partition coefficient (Wildman–Crippen LogP) is 0.378. The summed E-state index contributed by atoms with van der Waals surface area (Å²) in [6.07, 6.45) is -7.94. The summed E-state index contributed by atoms with van der Waals surface area (Å²) in [5.74, 6) is -2.55. The minimum atomic E-state index is -1.78. The Morgan fingerprint density at radius 1 is 1.00 bits per heavy atom. The number of aliphatic hydroxyl groups is 3. The minimum absolute atomic E-state index is 0.0488. The number of ether oxygens (including phenoxy) is 4. The Bertz CT molecular complexity index is 1380. The summed E-state index contributed by atoms with van der Waals surface area (Å²) in [5, 5.41) is 49.8. The normalized spacial score (nSPS) is 23.1. The zero-order chi connectivity index (χ0) is 27.6. The fourth-order valence-electron chi connectivity index (χ4n) is 3.88. The van der Waals surface area contributed by atoms with E-state index in [9.17, 15) is 34.8 Å². The first-order valence-electron chi connectivity index (χ1n) is 11.3. The van der Waals surface area contributed by atoms with Crippen molar-refractivity contribution in [3.05, 3.63) is 52.9 Å². The SMILES string of the molecule is COc1ccc(-c2coc3cc(O[C@H]4O[C@@H](COC(=O)CC(=O)O)[C@H](O)[C@H](O)[C@@H]4O)cc(O)c3c2=O)cc1. The van der Waals surface area contributed by atoms with E-state index in [1.807, 2.05) is 0 Å². The maximum absolute atomic E-state index is 13.1. The van der Waals surface area contributed by atoms with Gasteiger partial charge in [0, 0.05) is 12.1 Å². The van der Waals surface area contributed by atoms with E-state index in [1.165, 1.54) is 19.4 Å². The van der Waals surface area contributed by atoms with E-state index >= 15 is 0 Å². The van der Waals surface area contributed by atoms with Gasteiger partial charge in [0.2, 0.25) is 11.7 Å². The summed E-state index contributed by atoms with van der Waals surface area (Å²) in [7, 11) is 1.51. The zero-order valence-corrected chi connectivity index (χ0v) is 19.8. The summed E-state index contributed by atoms with van der Waals surface area (Å²) in [4.78, 5) is 35.2. The van der Waals surface area contributed by atoms with Gasteiger partial charge in [0.15, 0.2) is 0 Å². The molecule has 1 aromatic heterocycles. The monoisotopic (exact) mass is 532 g/mol. The Morgan fingerprint density at radius 3 is 2.37 bits per heavy atom. The highest BCUT2D eigenvalue weighted by Gasteiger charge is 2.45. The molecule has 0 amide bonds. The Labute approximate surface area is 214 Å². The number of phenols is 1. The average Bonchev–Trinajstić information content (AvgIpc) is 2.88. The van der Waals surface area contributed by atoms with Crippen LogP contribution in [0.25, 0.3) is 22.1 Å². The van der Waals surface area contributed by atoms with Gasteiger partial charge >= 0.3 is 11.9 Å². The lowest BCUT2D eigenvalue weighted by Gasteiger charge is -2.39. The van der Waals surface area contributed by atoms with Gasteiger partial charge in [-0.05, 0) is 17.7 Å². The molecular formula is C25H24O13. The van der Waals surface area contributed by atoms with Crippen LogP contribution in [-0.4, -0.2) is 81.9 Å². The van der Waals surface area contributed by atoms with Crippen molar-refractivity contribution in [1.82, 2.24) is 0 Å². The topological polar surface area (TPSA) is 202 Å². The number of carbonyl (C=O) groups excluding carboxylic acids is 1. The largest absolute Gasteiger partial charge is 0.507 e. The molecule has 5 atom stereocenters. The highest BCUT2D eigenvalue weighted by molar-refractivity contribution is 5.90. The van der Waals surface area contributed by atoms with Crippen LogP contribution in [0.2, 0.25) is 0 Å². The van der Waals surface area contributed by atoms with Crippen molar-refractivity contribution in [2.45, 2.75) is 37.1 Å². The Hall–Kier alpha value is -4.17. The second-order valence-electron chi connectivity index (χ2n) is 8.41. The van der Waals surface area contributed by atoms with Crippen molar-refractivity contribution in [2.75, 3.05) is 13.7 Å². The molecule has 13 nitrogen and oxygen atoms in total. The third-order valence-electron chi connectivity index (χ3n) is 5.86. The molecule has 1 saturated heterocycles. The van der Waals surface area contributed by atoms with Crippen LogP contribution in [0.15, 0.2) is 51.9 Å². The van der Waals surface area contributed by atoms with Crippen LogP contribution >= 0.6 is 0 Å². The number of fused-ring (bicyclic) bond motifs is 1. The van der Waals surface area contributed by atoms with Crippen molar-refractivity contribution in [3.8, 4) is 28.4 Å². The summed E-state index contributed by atoms with van der Waals surface area (Å²) < 4.78 is 26.4. The van der Waals surface area contributed by atoms with Crippen LogP contribution in [0.3, 0.4) is 0 Å². The maximum atomic E-state index is 13.1. The van der Waals surface area contributed by atoms with Gasteiger partial charge in [0.1, 0.15) is 71.9 Å². The van der Waals surface area contributed by atoms with E-state index < -0.39 is 66.9 Å². The molecule has 13 heteroatoms. The summed E-state index contributed by atoms with van der Waals surface area (Å²) in [5.41, 5.74) is 0.151.